The number of aromatic nitrogens is 2. The molecule has 0 unspecified atom stereocenters. The van der Waals surface area contributed by atoms with Crippen LogP contribution >= 0.6 is 0 Å². The number of nitrogens with zero attached hydrogens (tertiary/aromatic N) is 3. The Balaban J connectivity index is 1.50. The number of carbonyl (C=O) groups excluding carboxylic acids is 1. The summed E-state index contributed by atoms with van der Waals surface area (Å²) in [7, 11) is 0. The molecular weight excluding hydrogens is 292 g/mol. The van der Waals surface area contributed by atoms with Gasteiger partial charge in [-0.25, -0.2) is 4.98 Å². The monoisotopic (exact) mass is 314 g/mol. The zero-order valence-electron chi connectivity index (χ0n) is 13.4. The summed E-state index contributed by atoms with van der Waals surface area (Å²) < 4.78 is 5.31. The number of hydrogen-bond donors (Lipinski definition) is 1. The predicted octanol–water partition coefficient (Wildman–Crippen LogP) is 2.05. The topological polar surface area (TPSA) is 65.4 Å². The van der Waals surface area contributed by atoms with Crippen LogP contribution in [0.5, 0.6) is 0 Å². The van der Waals surface area contributed by atoms with E-state index in [0.717, 1.165) is 44.0 Å². The molecule has 6 nitrogen and oxygen atoms in total. The summed E-state index contributed by atoms with van der Waals surface area (Å²) >= 11 is 0. The Bertz CT molecular complexity index is 679. The first-order chi connectivity index (χ1) is 11.2. The molecule has 2 aromatic rings. The molecule has 3 aliphatic rings. The van der Waals surface area contributed by atoms with Crippen LogP contribution in [0.1, 0.15) is 34.8 Å². The van der Waals surface area contributed by atoms with E-state index in [9.17, 15) is 4.79 Å². The van der Waals surface area contributed by atoms with Crippen molar-refractivity contribution in [3.8, 4) is 0 Å². The summed E-state index contributed by atoms with van der Waals surface area (Å²) in [6.07, 6.45) is 5.59. The molecular formula is C17H22N4O2. The number of hydrogen-bond acceptors (Lipinski definition) is 4. The van der Waals surface area contributed by atoms with Gasteiger partial charge in [0.1, 0.15) is 0 Å². The third kappa shape index (κ3) is 2.79. The Hall–Kier alpha value is -2.08. The minimum atomic E-state index is 0.0301. The van der Waals surface area contributed by atoms with Crippen molar-refractivity contribution in [2.45, 2.75) is 32.4 Å². The van der Waals surface area contributed by atoms with Gasteiger partial charge in [0.25, 0.3) is 5.91 Å². The third-order valence-electron chi connectivity index (χ3n) is 5.09. The van der Waals surface area contributed by atoms with Crippen LogP contribution in [0.15, 0.2) is 29.1 Å². The molecule has 3 fully saturated rings. The van der Waals surface area contributed by atoms with E-state index in [1.165, 1.54) is 6.42 Å². The lowest BCUT2D eigenvalue weighted by molar-refractivity contribution is 0.0552. The number of amides is 1. The van der Waals surface area contributed by atoms with E-state index in [4.69, 9.17) is 4.42 Å². The summed E-state index contributed by atoms with van der Waals surface area (Å²) in [5, 5.41) is 0. The molecule has 5 rings (SSSR count). The fourth-order valence-corrected chi connectivity index (χ4v) is 3.86. The van der Waals surface area contributed by atoms with Crippen molar-refractivity contribution < 1.29 is 9.21 Å². The maximum Gasteiger partial charge on any atom is 0.289 e. The number of fused-ring (bicyclic) bond motifs is 4. The summed E-state index contributed by atoms with van der Waals surface area (Å²) in [6, 6.07) is 3.80. The number of furan rings is 1. The zero-order chi connectivity index (χ0) is 15.8. The Labute approximate surface area is 135 Å². The van der Waals surface area contributed by atoms with Crippen molar-refractivity contribution in [1.82, 2.24) is 19.8 Å². The highest BCUT2D eigenvalue weighted by atomic mass is 16.3. The van der Waals surface area contributed by atoms with Crippen LogP contribution in [-0.2, 0) is 6.54 Å². The zero-order valence-corrected chi connectivity index (χ0v) is 13.4. The first kappa shape index (κ1) is 14.5. The lowest BCUT2D eigenvalue weighted by Gasteiger charge is -2.35. The Morgan fingerprint density at radius 2 is 2.30 bits per heavy atom. The van der Waals surface area contributed by atoms with Gasteiger partial charge in [0.2, 0.25) is 0 Å². The molecule has 122 valence electrons. The van der Waals surface area contributed by atoms with E-state index in [2.05, 4.69) is 21.8 Å². The molecule has 6 heteroatoms. The molecule has 5 heterocycles. The summed E-state index contributed by atoms with van der Waals surface area (Å²) in [6.45, 7) is 5.69. The SMILES string of the molecule is Cc1[nH]cnc1CN1C[C@@H]2CC[C@H](C1)N(C(=O)c1ccco1)C2. The second kappa shape index (κ2) is 5.85. The Kier molecular flexibility index (Phi) is 3.69. The van der Waals surface area contributed by atoms with Gasteiger partial charge in [-0.05, 0) is 37.8 Å². The lowest BCUT2D eigenvalue weighted by Crippen LogP contribution is -2.47. The highest BCUT2D eigenvalue weighted by molar-refractivity contribution is 5.91. The van der Waals surface area contributed by atoms with Gasteiger partial charge in [-0.3, -0.25) is 9.69 Å². The van der Waals surface area contributed by atoms with E-state index in [1.54, 1.807) is 24.7 Å². The highest BCUT2D eigenvalue weighted by Gasteiger charge is 2.38. The molecule has 0 saturated carbocycles. The van der Waals surface area contributed by atoms with Crippen molar-refractivity contribution in [2.75, 3.05) is 19.6 Å². The minimum absolute atomic E-state index is 0.0301. The molecule has 1 N–H and O–H groups in total. The van der Waals surface area contributed by atoms with Gasteiger partial charge >= 0.3 is 0 Å². The molecule has 1 amide bonds. The molecule has 2 aromatic heterocycles. The number of aromatic amines is 1. The third-order valence-corrected chi connectivity index (χ3v) is 5.09. The summed E-state index contributed by atoms with van der Waals surface area (Å²) in [5.41, 5.74) is 2.24. The number of aryl methyl sites for hydroxylation is 1. The minimum Gasteiger partial charge on any atom is -0.459 e. The van der Waals surface area contributed by atoms with E-state index >= 15 is 0 Å². The summed E-state index contributed by atoms with van der Waals surface area (Å²) in [5.74, 6) is 1.02. The van der Waals surface area contributed by atoms with Gasteiger partial charge in [0.15, 0.2) is 5.76 Å². The molecule has 2 bridgehead atoms. The molecule has 0 radical (unpaired) electrons. The molecule has 0 aliphatic carbocycles. The maximum absolute atomic E-state index is 12.7. The number of piperidine rings is 1. The van der Waals surface area contributed by atoms with E-state index < -0.39 is 0 Å². The molecule has 3 aliphatic heterocycles. The fourth-order valence-electron chi connectivity index (χ4n) is 3.86. The molecule has 3 saturated heterocycles. The molecule has 0 aromatic carbocycles. The molecule has 2 atom stereocenters. The second-order valence-corrected chi connectivity index (χ2v) is 6.70. The average Bonchev–Trinajstić information content (AvgIpc) is 3.13. The quantitative estimate of drug-likeness (QED) is 0.941. The van der Waals surface area contributed by atoms with Gasteiger partial charge in [0.05, 0.1) is 18.3 Å². The number of H-pyrrole nitrogens is 1. The average molecular weight is 314 g/mol. The van der Waals surface area contributed by atoms with Gasteiger partial charge in [-0.2, -0.15) is 0 Å². The van der Waals surface area contributed by atoms with Crippen LogP contribution in [0.25, 0.3) is 0 Å². The van der Waals surface area contributed by atoms with Crippen LogP contribution in [-0.4, -0.2) is 51.4 Å². The normalized spacial score (nSPS) is 24.8. The second-order valence-electron chi connectivity index (χ2n) is 6.70. The fraction of sp³-hybridized carbons (Fsp3) is 0.529. The van der Waals surface area contributed by atoms with Gasteiger partial charge in [-0.1, -0.05) is 0 Å². The van der Waals surface area contributed by atoms with Crippen LogP contribution in [0.3, 0.4) is 0 Å². The highest BCUT2D eigenvalue weighted by Crippen LogP contribution is 2.30. The van der Waals surface area contributed by atoms with E-state index in [-0.39, 0.29) is 11.9 Å². The van der Waals surface area contributed by atoms with Crippen LogP contribution < -0.4 is 0 Å². The van der Waals surface area contributed by atoms with Crippen molar-refractivity contribution in [3.63, 3.8) is 0 Å². The van der Waals surface area contributed by atoms with Crippen LogP contribution in [0.4, 0.5) is 0 Å². The van der Waals surface area contributed by atoms with E-state index in [0.29, 0.717) is 11.7 Å². The first-order valence-electron chi connectivity index (χ1n) is 8.26. The Morgan fingerprint density at radius 3 is 3.04 bits per heavy atom. The molecule has 23 heavy (non-hydrogen) atoms. The van der Waals surface area contributed by atoms with Gasteiger partial charge < -0.3 is 14.3 Å². The smallest absolute Gasteiger partial charge is 0.289 e. The largest absolute Gasteiger partial charge is 0.459 e. The van der Waals surface area contributed by atoms with Crippen molar-refractivity contribution >= 4 is 5.91 Å². The molecule has 0 spiro atoms. The Morgan fingerprint density at radius 1 is 1.39 bits per heavy atom. The van der Waals surface area contributed by atoms with Gasteiger partial charge in [-0.15, -0.1) is 0 Å². The van der Waals surface area contributed by atoms with Crippen LogP contribution in [0.2, 0.25) is 0 Å². The summed E-state index contributed by atoms with van der Waals surface area (Å²) in [4.78, 5) is 24.7. The number of imidazole rings is 1. The van der Waals surface area contributed by atoms with Crippen LogP contribution in [0, 0.1) is 12.8 Å². The van der Waals surface area contributed by atoms with E-state index in [1.807, 2.05) is 4.90 Å². The number of carbonyl (C=O) groups is 1. The van der Waals surface area contributed by atoms with Crippen molar-refractivity contribution in [2.24, 2.45) is 5.92 Å². The first-order valence-corrected chi connectivity index (χ1v) is 8.26. The number of nitrogens with one attached hydrogen (secondary N) is 1. The number of rotatable bonds is 3. The van der Waals surface area contributed by atoms with Crippen molar-refractivity contribution in [1.29, 1.82) is 0 Å². The predicted molar refractivity (Wildman–Crippen MR) is 84.9 cm³/mol. The standard InChI is InChI=1S/C17H22N4O2/c1-12-15(19-11-18-12)10-20-7-13-4-5-14(9-20)21(8-13)17(22)16-3-2-6-23-16/h2-3,6,11,13-14H,4-5,7-10H2,1H3,(H,18,19)/t13-,14+/m0/s1. The maximum atomic E-state index is 12.7. The van der Waals surface area contributed by atoms with Crippen molar-refractivity contribution in [3.05, 3.63) is 41.9 Å². The van der Waals surface area contributed by atoms with Gasteiger partial charge in [0, 0.05) is 37.9 Å². The lowest BCUT2D eigenvalue weighted by atomic mass is 9.95.